The summed E-state index contributed by atoms with van der Waals surface area (Å²) in [7, 11) is 0. The van der Waals surface area contributed by atoms with E-state index in [1.165, 1.54) is 64.4 Å². The van der Waals surface area contributed by atoms with Crippen molar-refractivity contribution >= 4 is 53.3 Å². The molecule has 2 heterocycles. The van der Waals surface area contributed by atoms with E-state index in [0.29, 0.717) is 0 Å². The molecular formula is C27H21NS. The molecule has 0 unspecified atom stereocenters. The lowest BCUT2D eigenvalue weighted by Crippen LogP contribution is -1.94. The Labute approximate surface area is 173 Å². The van der Waals surface area contributed by atoms with Gasteiger partial charge in [0.25, 0.3) is 0 Å². The Bertz CT molecular complexity index is 1570. The summed E-state index contributed by atoms with van der Waals surface area (Å²) >= 11 is 1.92. The Balaban J connectivity index is 1.98. The molecule has 0 fully saturated rings. The number of thiophene rings is 1. The zero-order valence-corrected chi connectivity index (χ0v) is 17.6. The number of benzene rings is 4. The lowest BCUT2D eigenvalue weighted by molar-refractivity contribution is 1.19. The SMILES string of the molecule is Cc1ccc2c(c1)c1c(C)c(C)c3c4ccccc4sc3c1n2-c1ccccc1. The van der Waals surface area contributed by atoms with Crippen molar-refractivity contribution in [2.24, 2.45) is 0 Å². The van der Waals surface area contributed by atoms with Gasteiger partial charge in [-0.25, -0.2) is 0 Å². The van der Waals surface area contributed by atoms with Gasteiger partial charge in [-0.05, 0) is 62.2 Å². The van der Waals surface area contributed by atoms with Gasteiger partial charge in [0.15, 0.2) is 0 Å². The predicted molar refractivity (Wildman–Crippen MR) is 128 cm³/mol. The fourth-order valence-electron chi connectivity index (χ4n) is 4.80. The van der Waals surface area contributed by atoms with Crippen LogP contribution in [-0.4, -0.2) is 4.57 Å². The zero-order valence-electron chi connectivity index (χ0n) is 16.8. The normalized spacial score (nSPS) is 12.0. The molecule has 0 saturated heterocycles. The maximum atomic E-state index is 2.47. The second kappa shape index (κ2) is 5.95. The first-order valence-electron chi connectivity index (χ1n) is 10.1. The standard InChI is InChI=1S/C27H21NS/c1-16-13-14-22-21(15-16)24-17(2)18(3)25-20-11-7-8-12-23(20)29-27(25)26(24)28(22)19-9-5-4-6-10-19/h4-15H,1-3H3. The molecule has 0 radical (unpaired) electrons. The van der Waals surface area contributed by atoms with E-state index < -0.39 is 0 Å². The van der Waals surface area contributed by atoms with Gasteiger partial charge >= 0.3 is 0 Å². The van der Waals surface area contributed by atoms with Crippen molar-refractivity contribution in [2.45, 2.75) is 20.8 Å². The molecule has 0 saturated carbocycles. The summed E-state index contributed by atoms with van der Waals surface area (Å²) in [6.07, 6.45) is 0. The number of nitrogens with zero attached hydrogens (tertiary/aromatic N) is 1. The van der Waals surface area contributed by atoms with Crippen LogP contribution in [0.3, 0.4) is 0 Å². The lowest BCUT2D eigenvalue weighted by atomic mass is 9.97. The molecule has 6 rings (SSSR count). The van der Waals surface area contributed by atoms with Crippen LogP contribution in [0.15, 0.2) is 72.8 Å². The van der Waals surface area contributed by atoms with Gasteiger partial charge in [0, 0.05) is 31.9 Å². The van der Waals surface area contributed by atoms with Gasteiger partial charge < -0.3 is 4.57 Å². The van der Waals surface area contributed by atoms with Gasteiger partial charge in [0.1, 0.15) is 0 Å². The number of fused-ring (bicyclic) bond motifs is 7. The first kappa shape index (κ1) is 16.8. The lowest BCUT2D eigenvalue weighted by Gasteiger charge is -2.11. The second-order valence-corrected chi connectivity index (χ2v) is 9.02. The van der Waals surface area contributed by atoms with Crippen LogP contribution >= 0.6 is 11.3 Å². The average molecular weight is 392 g/mol. The first-order valence-corrected chi connectivity index (χ1v) is 10.9. The van der Waals surface area contributed by atoms with Crippen molar-refractivity contribution in [3.63, 3.8) is 0 Å². The van der Waals surface area contributed by atoms with Gasteiger partial charge in [-0.2, -0.15) is 0 Å². The van der Waals surface area contributed by atoms with Crippen LogP contribution in [0.1, 0.15) is 16.7 Å². The largest absolute Gasteiger partial charge is 0.308 e. The Morgan fingerprint density at radius 3 is 2.24 bits per heavy atom. The first-order chi connectivity index (χ1) is 14.1. The smallest absolute Gasteiger partial charge is 0.0722 e. The zero-order chi connectivity index (χ0) is 19.7. The van der Waals surface area contributed by atoms with Crippen molar-refractivity contribution in [2.75, 3.05) is 0 Å². The highest BCUT2D eigenvalue weighted by Gasteiger charge is 2.21. The number of hydrogen-bond donors (Lipinski definition) is 0. The minimum absolute atomic E-state index is 1.22. The molecule has 0 aliphatic rings. The summed E-state index contributed by atoms with van der Waals surface area (Å²) in [5, 5.41) is 5.52. The van der Waals surface area contributed by atoms with E-state index in [0.717, 1.165) is 0 Å². The van der Waals surface area contributed by atoms with E-state index in [-0.39, 0.29) is 0 Å². The molecular weight excluding hydrogens is 370 g/mol. The summed E-state index contributed by atoms with van der Waals surface area (Å²) in [6.45, 7) is 6.77. The Morgan fingerprint density at radius 2 is 1.41 bits per heavy atom. The number of aromatic nitrogens is 1. The quantitative estimate of drug-likeness (QED) is 0.267. The molecule has 2 heteroatoms. The monoisotopic (exact) mass is 391 g/mol. The summed E-state index contributed by atoms with van der Waals surface area (Å²) in [6, 6.07) is 26.5. The van der Waals surface area contributed by atoms with Crippen LogP contribution in [0.2, 0.25) is 0 Å². The third-order valence-corrected chi connectivity index (χ3v) is 7.44. The van der Waals surface area contributed by atoms with Gasteiger partial charge in [-0.15, -0.1) is 11.3 Å². The topological polar surface area (TPSA) is 4.93 Å². The highest BCUT2D eigenvalue weighted by atomic mass is 32.1. The van der Waals surface area contributed by atoms with E-state index in [2.05, 4.69) is 98.1 Å². The van der Waals surface area contributed by atoms with Crippen LogP contribution < -0.4 is 0 Å². The minimum atomic E-state index is 1.22. The van der Waals surface area contributed by atoms with Crippen molar-refractivity contribution < 1.29 is 0 Å². The summed E-state index contributed by atoms with van der Waals surface area (Å²) in [5.41, 5.74) is 7.94. The predicted octanol–water partition coefficient (Wildman–Crippen LogP) is 8.08. The molecule has 0 aliphatic carbocycles. The molecule has 29 heavy (non-hydrogen) atoms. The number of rotatable bonds is 1. The van der Waals surface area contributed by atoms with Crippen LogP contribution in [0.4, 0.5) is 0 Å². The number of aryl methyl sites for hydroxylation is 3. The molecule has 140 valence electrons. The van der Waals surface area contributed by atoms with Crippen LogP contribution in [-0.2, 0) is 0 Å². The molecule has 0 atom stereocenters. The van der Waals surface area contributed by atoms with Crippen molar-refractivity contribution in [1.82, 2.24) is 4.57 Å². The Kier molecular flexibility index (Phi) is 3.45. The molecule has 0 N–H and O–H groups in total. The van der Waals surface area contributed by atoms with Crippen LogP contribution in [0, 0.1) is 20.8 Å². The summed E-state index contributed by atoms with van der Waals surface area (Å²) in [5.74, 6) is 0. The van der Waals surface area contributed by atoms with Crippen LogP contribution in [0.5, 0.6) is 0 Å². The van der Waals surface area contributed by atoms with Gasteiger partial charge in [-0.3, -0.25) is 0 Å². The Morgan fingerprint density at radius 1 is 0.690 bits per heavy atom. The molecule has 0 aliphatic heterocycles. The van der Waals surface area contributed by atoms with E-state index >= 15 is 0 Å². The van der Waals surface area contributed by atoms with Gasteiger partial charge in [0.2, 0.25) is 0 Å². The van der Waals surface area contributed by atoms with Gasteiger partial charge in [0.05, 0.1) is 15.7 Å². The maximum Gasteiger partial charge on any atom is 0.0722 e. The summed E-state index contributed by atoms with van der Waals surface area (Å²) in [4.78, 5) is 0. The highest BCUT2D eigenvalue weighted by Crippen LogP contribution is 2.46. The van der Waals surface area contributed by atoms with Crippen LogP contribution in [0.25, 0.3) is 47.7 Å². The van der Waals surface area contributed by atoms with Gasteiger partial charge in [-0.1, -0.05) is 48.0 Å². The third kappa shape index (κ3) is 2.21. The van der Waals surface area contributed by atoms with Crippen molar-refractivity contribution in [3.05, 3.63) is 89.5 Å². The van der Waals surface area contributed by atoms with E-state index in [9.17, 15) is 0 Å². The fraction of sp³-hybridized carbons (Fsp3) is 0.111. The summed E-state index contributed by atoms with van der Waals surface area (Å²) < 4.78 is 5.22. The second-order valence-electron chi connectivity index (χ2n) is 7.97. The highest BCUT2D eigenvalue weighted by molar-refractivity contribution is 7.26. The molecule has 2 aromatic heterocycles. The van der Waals surface area contributed by atoms with E-state index in [4.69, 9.17) is 0 Å². The molecule has 4 aromatic carbocycles. The molecule has 1 nitrogen and oxygen atoms in total. The molecule has 0 bridgehead atoms. The molecule has 6 aromatic rings. The van der Waals surface area contributed by atoms with Crippen molar-refractivity contribution in [1.29, 1.82) is 0 Å². The third-order valence-electron chi connectivity index (χ3n) is 6.26. The number of hydrogen-bond acceptors (Lipinski definition) is 1. The fourth-order valence-corrected chi connectivity index (χ4v) is 6.11. The Hall–Kier alpha value is -3.10. The average Bonchev–Trinajstić information content (AvgIpc) is 3.28. The van der Waals surface area contributed by atoms with Crippen molar-refractivity contribution in [3.8, 4) is 5.69 Å². The minimum Gasteiger partial charge on any atom is -0.308 e. The maximum absolute atomic E-state index is 2.47. The molecule has 0 spiro atoms. The van der Waals surface area contributed by atoms with E-state index in [1.807, 2.05) is 11.3 Å². The number of para-hydroxylation sites is 1. The molecule has 0 amide bonds. The van der Waals surface area contributed by atoms with E-state index in [1.54, 1.807) is 0 Å².